The van der Waals surface area contributed by atoms with E-state index in [4.69, 9.17) is 0 Å². The summed E-state index contributed by atoms with van der Waals surface area (Å²) in [7, 11) is 1.97. The molecule has 0 aliphatic carbocycles. The molecule has 4 heteroatoms. The minimum Gasteiger partial charge on any atom is -0.311 e. The lowest BCUT2D eigenvalue weighted by Crippen LogP contribution is -2.22. The summed E-state index contributed by atoms with van der Waals surface area (Å²) in [5, 5.41) is 7.43. The minimum absolute atomic E-state index is 0.266. The topological polar surface area (TPSA) is 42.7 Å². The van der Waals surface area contributed by atoms with Gasteiger partial charge in [0.15, 0.2) is 0 Å². The van der Waals surface area contributed by atoms with Crippen LogP contribution in [0.2, 0.25) is 0 Å². The molecule has 2 aromatic rings. The lowest BCUT2D eigenvalue weighted by atomic mass is 10.0. The molecule has 0 aliphatic heterocycles. The van der Waals surface area contributed by atoms with Crippen molar-refractivity contribution in [3.63, 3.8) is 0 Å². The molecule has 17 heavy (non-hydrogen) atoms. The summed E-state index contributed by atoms with van der Waals surface area (Å²) in [6.45, 7) is 2.96. The van der Waals surface area contributed by atoms with Gasteiger partial charge in [0.1, 0.15) is 12.7 Å². The Morgan fingerprint density at radius 3 is 2.59 bits per heavy atom. The van der Waals surface area contributed by atoms with Crippen LogP contribution >= 0.6 is 0 Å². The van der Waals surface area contributed by atoms with Gasteiger partial charge in [-0.25, -0.2) is 4.98 Å². The summed E-state index contributed by atoms with van der Waals surface area (Å²) >= 11 is 0. The maximum Gasteiger partial charge on any atom is 0.137 e. The van der Waals surface area contributed by atoms with Crippen LogP contribution in [-0.4, -0.2) is 21.8 Å². The molecule has 1 heterocycles. The zero-order chi connectivity index (χ0) is 12.1. The average molecular weight is 230 g/mol. The molecule has 2 rings (SSSR count). The predicted molar refractivity (Wildman–Crippen MR) is 67.6 cm³/mol. The zero-order valence-electron chi connectivity index (χ0n) is 10.3. The van der Waals surface area contributed by atoms with Crippen LogP contribution in [0.1, 0.15) is 24.1 Å². The van der Waals surface area contributed by atoms with Crippen LogP contribution in [0.15, 0.2) is 36.9 Å². The first-order valence-corrected chi connectivity index (χ1v) is 5.92. The van der Waals surface area contributed by atoms with Gasteiger partial charge in [0.2, 0.25) is 0 Å². The van der Waals surface area contributed by atoms with Gasteiger partial charge in [-0.15, -0.1) is 0 Å². The number of likely N-dealkylation sites (N-methyl/N-ethyl adjacent to an activating group) is 1. The second-order valence-electron chi connectivity index (χ2n) is 4.05. The molecule has 1 aromatic heterocycles. The molecular weight excluding hydrogens is 212 g/mol. The molecule has 1 unspecified atom stereocenters. The van der Waals surface area contributed by atoms with E-state index in [0.29, 0.717) is 0 Å². The number of aryl methyl sites for hydroxylation is 1. The largest absolute Gasteiger partial charge is 0.311 e. The molecule has 4 nitrogen and oxygen atoms in total. The van der Waals surface area contributed by atoms with Crippen molar-refractivity contribution >= 4 is 0 Å². The fraction of sp³-hybridized carbons (Fsp3) is 0.385. The van der Waals surface area contributed by atoms with Crippen LogP contribution < -0.4 is 5.32 Å². The Labute approximate surface area is 102 Å². The summed E-state index contributed by atoms with van der Waals surface area (Å²) in [5.74, 6) is 0. The number of rotatable bonds is 5. The quantitative estimate of drug-likeness (QED) is 0.851. The van der Waals surface area contributed by atoms with Crippen LogP contribution in [0.5, 0.6) is 0 Å². The van der Waals surface area contributed by atoms with Crippen molar-refractivity contribution in [3.8, 4) is 0 Å². The third-order valence-electron chi connectivity index (χ3n) is 2.98. The Morgan fingerprint density at radius 1 is 1.29 bits per heavy atom. The number of nitrogens with one attached hydrogen (secondary N) is 1. The molecule has 90 valence electrons. The van der Waals surface area contributed by atoms with Gasteiger partial charge >= 0.3 is 0 Å². The van der Waals surface area contributed by atoms with E-state index in [9.17, 15) is 0 Å². The average Bonchev–Trinajstić information content (AvgIpc) is 2.89. The van der Waals surface area contributed by atoms with Gasteiger partial charge in [0.05, 0.1) is 12.6 Å². The predicted octanol–water partition coefficient (Wildman–Crippen LogP) is 1.80. The third-order valence-corrected chi connectivity index (χ3v) is 2.98. The zero-order valence-corrected chi connectivity index (χ0v) is 10.3. The van der Waals surface area contributed by atoms with E-state index >= 15 is 0 Å². The van der Waals surface area contributed by atoms with Gasteiger partial charge in [0.25, 0.3) is 0 Å². The Hall–Kier alpha value is -1.68. The van der Waals surface area contributed by atoms with Gasteiger partial charge in [-0.05, 0) is 24.6 Å². The van der Waals surface area contributed by atoms with Gasteiger partial charge in [-0.3, -0.25) is 4.68 Å². The Balaban J connectivity index is 2.11. The highest BCUT2D eigenvalue weighted by atomic mass is 15.3. The van der Waals surface area contributed by atoms with Gasteiger partial charge in [0, 0.05) is 0 Å². The summed E-state index contributed by atoms with van der Waals surface area (Å²) in [6, 6.07) is 8.98. The van der Waals surface area contributed by atoms with Crippen molar-refractivity contribution in [2.24, 2.45) is 0 Å². The molecule has 1 aromatic carbocycles. The molecule has 0 saturated carbocycles. The highest BCUT2D eigenvalue weighted by Gasteiger charge is 2.09. The lowest BCUT2D eigenvalue weighted by molar-refractivity contribution is 0.467. The number of hydrogen-bond acceptors (Lipinski definition) is 3. The first kappa shape index (κ1) is 11.8. The van der Waals surface area contributed by atoms with Crippen molar-refractivity contribution in [1.29, 1.82) is 0 Å². The molecule has 0 radical (unpaired) electrons. The van der Waals surface area contributed by atoms with E-state index in [1.165, 1.54) is 11.1 Å². The molecule has 0 saturated heterocycles. The molecule has 1 N–H and O–H groups in total. The molecule has 1 atom stereocenters. The molecule has 0 bridgehead atoms. The lowest BCUT2D eigenvalue weighted by Gasteiger charge is -2.16. The van der Waals surface area contributed by atoms with Crippen LogP contribution in [0.4, 0.5) is 0 Å². The summed E-state index contributed by atoms with van der Waals surface area (Å²) in [5.41, 5.74) is 2.64. The highest BCUT2D eigenvalue weighted by Crippen LogP contribution is 2.15. The van der Waals surface area contributed by atoms with E-state index in [2.05, 4.69) is 46.6 Å². The van der Waals surface area contributed by atoms with Crippen molar-refractivity contribution in [3.05, 3.63) is 48.0 Å². The van der Waals surface area contributed by atoms with E-state index in [1.54, 1.807) is 12.7 Å². The van der Waals surface area contributed by atoms with Gasteiger partial charge < -0.3 is 5.32 Å². The SMILES string of the molecule is CCc1ccc(C(Cn2cncn2)NC)cc1. The third kappa shape index (κ3) is 2.91. The van der Waals surface area contributed by atoms with Gasteiger partial charge in [-0.1, -0.05) is 31.2 Å². The fourth-order valence-electron chi connectivity index (χ4n) is 1.86. The minimum atomic E-state index is 0.266. The maximum atomic E-state index is 4.13. The summed E-state index contributed by atoms with van der Waals surface area (Å²) < 4.78 is 1.84. The first-order valence-electron chi connectivity index (χ1n) is 5.92. The molecule has 0 fully saturated rings. The van der Waals surface area contributed by atoms with Crippen molar-refractivity contribution < 1.29 is 0 Å². The van der Waals surface area contributed by atoms with E-state index < -0.39 is 0 Å². The van der Waals surface area contributed by atoms with E-state index in [0.717, 1.165) is 13.0 Å². The second kappa shape index (κ2) is 5.59. The maximum absolute atomic E-state index is 4.13. The van der Waals surface area contributed by atoms with Gasteiger partial charge in [-0.2, -0.15) is 5.10 Å². The number of nitrogens with zero attached hydrogens (tertiary/aromatic N) is 3. The van der Waals surface area contributed by atoms with E-state index in [-0.39, 0.29) is 6.04 Å². The fourth-order valence-corrected chi connectivity index (χ4v) is 1.86. The number of benzene rings is 1. The first-order chi connectivity index (χ1) is 8.33. The van der Waals surface area contributed by atoms with Crippen molar-refractivity contribution in [2.75, 3.05) is 7.05 Å². The summed E-state index contributed by atoms with van der Waals surface area (Å²) in [6.07, 6.45) is 4.38. The van der Waals surface area contributed by atoms with Crippen LogP contribution in [0.3, 0.4) is 0 Å². The van der Waals surface area contributed by atoms with Crippen LogP contribution in [0, 0.1) is 0 Å². The molecule has 0 spiro atoms. The van der Waals surface area contributed by atoms with Crippen molar-refractivity contribution in [2.45, 2.75) is 25.9 Å². The number of aromatic nitrogens is 3. The molecule has 0 amide bonds. The Bertz CT molecular complexity index is 433. The normalized spacial score (nSPS) is 12.6. The van der Waals surface area contributed by atoms with Crippen LogP contribution in [0.25, 0.3) is 0 Å². The second-order valence-corrected chi connectivity index (χ2v) is 4.05. The smallest absolute Gasteiger partial charge is 0.137 e. The highest BCUT2D eigenvalue weighted by molar-refractivity contribution is 5.24. The number of hydrogen-bond donors (Lipinski definition) is 1. The molecule has 0 aliphatic rings. The Morgan fingerprint density at radius 2 is 2.06 bits per heavy atom. The standard InChI is InChI=1S/C13H18N4/c1-3-11-4-6-12(7-5-11)13(14-2)8-17-10-15-9-16-17/h4-7,9-10,13-14H,3,8H2,1-2H3. The van der Waals surface area contributed by atoms with Crippen molar-refractivity contribution in [1.82, 2.24) is 20.1 Å². The summed E-state index contributed by atoms with van der Waals surface area (Å²) in [4.78, 5) is 3.95. The molecular formula is C13H18N4. The Kier molecular flexibility index (Phi) is 3.88. The monoisotopic (exact) mass is 230 g/mol. The van der Waals surface area contributed by atoms with Crippen LogP contribution in [-0.2, 0) is 13.0 Å². The van der Waals surface area contributed by atoms with E-state index in [1.807, 2.05) is 11.7 Å².